The van der Waals surface area contributed by atoms with Crippen LogP contribution in [-0.4, -0.2) is 16.8 Å². The molecule has 0 unspecified atom stereocenters. The Balaban J connectivity index is 1.65. The number of aromatic amines is 1. The Bertz CT molecular complexity index is 502. The molecule has 4 saturated carbocycles. The van der Waals surface area contributed by atoms with Crippen molar-refractivity contribution in [3.8, 4) is 0 Å². The number of rotatable bonds is 3. The van der Waals surface area contributed by atoms with Crippen molar-refractivity contribution in [1.29, 1.82) is 0 Å². The van der Waals surface area contributed by atoms with Gasteiger partial charge in [0, 0.05) is 12.7 Å². The Hall–Kier alpha value is -1.03. The Labute approximate surface area is 113 Å². The fourth-order valence-electron chi connectivity index (χ4n) is 5.28. The zero-order chi connectivity index (χ0) is 13.0. The average molecular weight is 261 g/mol. The fraction of sp³-hybridized carbons (Fsp3) is 0.800. The fourth-order valence-corrected chi connectivity index (χ4v) is 5.28. The molecule has 4 nitrogen and oxygen atoms in total. The van der Waals surface area contributed by atoms with Gasteiger partial charge in [0.25, 0.3) is 5.56 Å². The first-order valence-corrected chi connectivity index (χ1v) is 7.69. The van der Waals surface area contributed by atoms with Gasteiger partial charge in [0.15, 0.2) is 0 Å². The summed E-state index contributed by atoms with van der Waals surface area (Å²) in [5.74, 6) is 3.58. The molecular weight excluding hydrogens is 238 g/mol. The summed E-state index contributed by atoms with van der Waals surface area (Å²) in [6.45, 7) is 0.662. The SMILES string of the molecule is CNCc1cn(C2C3CC4CC(C3)CC2C4)[nH]c1=O. The standard InChI is InChI=1S/C15H23N3O/c1-16-7-13-8-18(17-15(13)19)14-11-3-9-2-10(5-11)6-12(14)4-9/h8-12,14,16H,2-7H2,1H3,(H,17,19). The summed E-state index contributed by atoms with van der Waals surface area (Å²) in [5, 5.41) is 6.15. The van der Waals surface area contributed by atoms with Crippen LogP contribution in [0.4, 0.5) is 0 Å². The van der Waals surface area contributed by atoms with E-state index in [9.17, 15) is 4.79 Å². The van der Waals surface area contributed by atoms with Gasteiger partial charge >= 0.3 is 0 Å². The average Bonchev–Trinajstić information content (AvgIpc) is 2.70. The largest absolute Gasteiger partial charge is 0.315 e. The second-order valence-electron chi connectivity index (χ2n) is 6.95. The van der Waals surface area contributed by atoms with Gasteiger partial charge in [-0.05, 0) is 62.8 Å². The Morgan fingerprint density at radius 3 is 2.42 bits per heavy atom. The lowest BCUT2D eigenvalue weighted by Gasteiger charge is -2.54. The molecule has 4 aliphatic rings. The zero-order valence-corrected chi connectivity index (χ0v) is 11.6. The van der Waals surface area contributed by atoms with Crippen LogP contribution in [0.1, 0.15) is 43.7 Å². The molecular formula is C15H23N3O. The molecule has 2 N–H and O–H groups in total. The minimum atomic E-state index is 0.0863. The van der Waals surface area contributed by atoms with Crippen LogP contribution < -0.4 is 10.9 Å². The third-order valence-electron chi connectivity index (χ3n) is 5.68. The van der Waals surface area contributed by atoms with E-state index in [2.05, 4.69) is 21.3 Å². The molecule has 19 heavy (non-hydrogen) atoms. The van der Waals surface area contributed by atoms with Crippen molar-refractivity contribution >= 4 is 0 Å². The summed E-state index contributed by atoms with van der Waals surface area (Å²) >= 11 is 0. The minimum Gasteiger partial charge on any atom is -0.315 e. The molecule has 4 heteroatoms. The monoisotopic (exact) mass is 261 g/mol. The maximum Gasteiger partial charge on any atom is 0.268 e. The molecule has 1 aromatic rings. The van der Waals surface area contributed by atoms with Crippen LogP contribution in [0.2, 0.25) is 0 Å². The predicted octanol–water partition coefficient (Wildman–Crippen LogP) is 1.89. The van der Waals surface area contributed by atoms with Gasteiger partial charge in [0.1, 0.15) is 0 Å². The molecule has 4 aliphatic carbocycles. The smallest absolute Gasteiger partial charge is 0.268 e. The molecule has 0 atom stereocenters. The van der Waals surface area contributed by atoms with E-state index >= 15 is 0 Å². The first kappa shape index (κ1) is 11.8. The van der Waals surface area contributed by atoms with Crippen molar-refractivity contribution in [2.45, 2.75) is 44.7 Å². The van der Waals surface area contributed by atoms with E-state index in [1.807, 2.05) is 7.05 Å². The highest BCUT2D eigenvalue weighted by Gasteiger charge is 2.49. The highest BCUT2D eigenvalue weighted by Crippen LogP contribution is 2.57. The molecule has 1 aromatic heterocycles. The number of aromatic nitrogens is 2. The summed E-state index contributed by atoms with van der Waals surface area (Å²) in [7, 11) is 1.89. The highest BCUT2D eigenvalue weighted by molar-refractivity contribution is 5.08. The lowest BCUT2D eigenvalue weighted by Crippen LogP contribution is -2.46. The molecule has 4 fully saturated rings. The van der Waals surface area contributed by atoms with Crippen LogP contribution in [0, 0.1) is 23.7 Å². The van der Waals surface area contributed by atoms with Crippen molar-refractivity contribution < 1.29 is 0 Å². The topological polar surface area (TPSA) is 49.8 Å². The summed E-state index contributed by atoms with van der Waals surface area (Å²) in [4.78, 5) is 11.9. The van der Waals surface area contributed by atoms with Gasteiger partial charge in [-0.3, -0.25) is 14.6 Å². The van der Waals surface area contributed by atoms with Gasteiger partial charge in [0.2, 0.25) is 0 Å². The van der Waals surface area contributed by atoms with Crippen molar-refractivity contribution in [1.82, 2.24) is 15.1 Å². The molecule has 0 amide bonds. The summed E-state index contributed by atoms with van der Waals surface area (Å²) < 4.78 is 2.15. The second kappa shape index (κ2) is 4.23. The lowest BCUT2D eigenvalue weighted by molar-refractivity contribution is -0.0338. The molecule has 0 spiro atoms. The summed E-state index contributed by atoms with van der Waals surface area (Å²) in [5.41, 5.74) is 0.958. The van der Waals surface area contributed by atoms with Gasteiger partial charge < -0.3 is 5.32 Å². The van der Waals surface area contributed by atoms with E-state index in [0.29, 0.717) is 12.6 Å². The van der Waals surface area contributed by atoms with Gasteiger partial charge in [-0.15, -0.1) is 0 Å². The number of hydrogen-bond acceptors (Lipinski definition) is 2. The van der Waals surface area contributed by atoms with Crippen molar-refractivity contribution in [2.75, 3.05) is 7.05 Å². The van der Waals surface area contributed by atoms with E-state index < -0.39 is 0 Å². The molecule has 104 valence electrons. The van der Waals surface area contributed by atoms with E-state index in [-0.39, 0.29) is 5.56 Å². The molecule has 0 saturated heterocycles. The number of hydrogen-bond donors (Lipinski definition) is 2. The van der Waals surface area contributed by atoms with E-state index in [1.54, 1.807) is 0 Å². The first-order chi connectivity index (χ1) is 9.24. The molecule has 0 aliphatic heterocycles. The van der Waals surface area contributed by atoms with Crippen LogP contribution in [0.5, 0.6) is 0 Å². The Morgan fingerprint density at radius 1 is 1.21 bits per heavy atom. The van der Waals surface area contributed by atoms with E-state index in [1.165, 1.54) is 32.1 Å². The Morgan fingerprint density at radius 2 is 1.84 bits per heavy atom. The maximum atomic E-state index is 11.9. The van der Waals surface area contributed by atoms with Crippen molar-refractivity contribution in [3.05, 3.63) is 22.1 Å². The van der Waals surface area contributed by atoms with Gasteiger partial charge in [-0.25, -0.2) is 0 Å². The molecule has 1 heterocycles. The zero-order valence-electron chi connectivity index (χ0n) is 11.6. The number of nitrogens with one attached hydrogen (secondary N) is 2. The second-order valence-corrected chi connectivity index (χ2v) is 6.95. The minimum absolute atomic E-state index is 0.0863. The first-order valence-electron chi connectivity index (χ1n) is 7.69. The third-order valence-corrected chi connectivity index (χ3v) is 5.68. The van der Waals surface area contributed by atoms with Crippen LogP contribution in [0.25, 0.3) is 0 Å². The Kier molecular flexibility index (Phi) is 2.62. The lowest BCUT2D eigenvalue weighted by atomic mass is 9.54. The van der Waals surface area contributed by atoms with Crippen LogP contribution in [0.15, 0.2) is 11.0 Å². The molecule has 5 rings (SSSR count). The predicted molar refractivity (Wildman–Crippen MR) is 73.9 cm³/mol. The van der Waals surface area contributed by atoms with Crippen LogP contribution >= 0.6 is 0 Å². The normalized spacial score (nSPS) is 39.9. The van der Waals surface area contributed by atoms with Gasteiger partial charge in [-0.2, -0.15) is 0 Å². The molecule has 4 bridgehead atoms. The van der Waals surface area contributed by atoms with Crippen LogP contribution in [-0.2, 0) is 6.54 Å². The maximum absolute atomic E-state index is 11.9. The van der Waals surface area contributed by atoms with Crippen molar-refractivity contribution in [2.24, 2.45) is 23.7 Å². The highest BCUT2D eigenvalue weighted by atomic mass is 16.1. The number of H-pyrrole nitrogens is 1. The van der Waals surface area contributed by atoms with Crippen LogP contribution in [0.3, 0.4) is 0 Å². The van der Waals surface area contributed by atoms with Gasteiger partial charge in [0.05, 0.1) is 11.6 Å². The number of nitrogens with zero attached hydrogens (tertiary/aromatic N) is 1. The molecule has 0 radical (unpaired) electrons. The van der Waals surface area contributed by atoms with E-state index in [0.717, 1.165) is 29.2 Å². The summed E-state index contributed by atoms with van der Waals surface area (Å²) in [6.07, 6.45) is 9.09. The van der Waals surface area contributed by atoms with E-state index in [4.69, 9.17) is 0 Å². The summed E-state index contributed by atoms with van der Waals surface area (Å²) in [6, 6.07) is 0.561. The quantitative estimate of drug-likeness (QED) is 0.873. The van der Waals surface area contributed by atoms with Crippen molar-refractivity contribution in [3.63, 3.8) is 0 Å². The molecule has 0 aromatic carbocycles. The third kappa shape index (κ3) is 1.80. The van der Waals surface area contributed by atoms with Gasteiger partial charge in [-0.1, -0.05) is 0 Å².